The zero-order chi connectivity index (χ0) is 11.3. The van der Waals surface area contributed by atoms with E-state index in [1.807, 2.05) is 0 Å². The fraction of sp³-hybridized carbons (Fsp3) is 0.900. The maximum atomic E-state index is 8.49. The molecule has 0 aromatic rings. The molecule has 1 atom stereocenters. The molecule has 1 heterocycles. The van der Waals surface area contributed by atoms with Crippen molar-refractivity contribution in [3.05, 3.63) is 0 Å². The third-order valence-electron chi connectivity index (χ3n) is 3.09. The first-order valence-electron chi connectivity index (χ1n) is 5.64. The van der Waals surface area contributed by atoms with Gasteiger partial charge in [-0.2, -0.15) is 0 Å². The van der Waals surface area contributed by atoms with Crippen LogP contribution in [-0.4, -0.2) is 59.6 Å². The average molecular weight is 214 g/mol. The number of likely N-dealkylation sites (N-methyl/N-ethyl adjacent to an activating group) is 1. The van der Waals surface area contributed by atoms with Gasteiger partial charge in [0, 0.05) is 19.1 Å². The lowest BCUT2D eigenvalue weighted by atomic mass is 10.2. The molecule has 15 heavy (non-hydrogen) atoms. The van der Waals surface area contributed by atoms with Crippen molar-refractivity contribution in [2.45, 2.75) is 26.3 Å². The summed E-state index contributed by atoms with van der Waals surface area (Å²) < 4.78 is 0. The quantitative estimate of drug-likeness (QED) is 0.296. The van der Waals surface area contributed by atoms with Crippen LogP contribution in [0.25, 0.3) is 0 Å². The lowest BCUT2D eigenvalue weighted by Crippen LogP contribution is -2.39. The van der Waals surface area contributed by atoms with Gasteiger partial charge in [-0.1, -0.05) is 19.0 Å². The summed E-state index contributed by atoms with van der Waals surface area (Å²) in [6.07, 6.45) is 1.18. The van der Waals surface area contributed by atoms with Crippen LogP contribution >= 0.6 is 0 Å². The van der Waals surface area contributed by atoms with Crippen molar-refractivity contribution in [2.75, 3.05) is 32.7 Å². The molecule has 1 saturated heterocycles. The highest BCUT2D eigenvalue weighted by Crippen LogP contribution is 2.14. The van der Waals surface area contributed by atoms with Gasteiger partial charge in [0.05, 0.1) is 6.54 Å². The second kappa shape index (κ2) is 5.92. The van der Waals surface area contributed by atoms with Crippen LogP contribution in [0.4, 0.5) is 0 Å². The van der Waals surface area contributed by atoms with E-state index < -0.39 is 0 Å². The first-order chi connectivity index (χ1) is 7.21. The van der Waals surface area contributed by atoms with Crippen LogP contribution in [0.3, 0.4) is 0 Å². The molecule has 1 unspecified atom stereocenters. The number of nitrogens with zero attached hydrogens (tertiary/aromatic N) is 3. The Balaban J connectivity index is 2.38. The van der Waals surface area contributed by atoms with E-state index in [1.54, 1.807) is 0 Å². The maximum Gasteiger partial charge on any atom is 0.153 e. The molecular weight excluding hydrogens is 192 g/mol. The molecule has 3 N–H and O–H groups in total. The van der Waals surface area contributed by atoms with E-state index in [1.165, 1.54) is 6.42 Å². The summed E-state index contributed by atoms with van der Waals surface area (Å²) in [5.41, 5.74) is 5.48. The molecule has 0 saturated carbocycles. The van der Waals surface area contributed by atoms with Crippen molar-refractivity contribution in [3.63, 3.8) is 0 Å². The van der Waals surface area contributed by atoms with Gasteiger partial charge in [0.15, 0.2) is 5.84 Å². The predicted octanol–water partition coefficient (Wildman–Crippen LogP) is 0.149. The SMILES string of the molecule is CCN(CC)C1CCN(CC(N)=NO)C1. The van der Waals surface area contributed by atoms with Crippen LogP contribution < -0.4 is 5.73 Å². The van der Waals surface area contributed by atoms with Crippen molar-refractivity contribution in [1.29, 1.82) is 0 Å². The number of hydrogen-bond acceptors (Lipinski definition) is 4. The molecule has 0 amide bonds. The lowest BCUT2D eigenvalue weighted by molar-refractivity contribution is 0.215. The van der Waals surface area contributed by atoms with Crippen LogP contribution in [0.2, 0.25) is 0 Å². The van der Waals surface area contributed by atoms with Gasteiger partial charge in [-0.15, -0.1) is 0 Å². The van der Waals surface area contributed by atoms with Gasteiger partial charge in [0.1, 0.15) is 0 Å². The van der Waals surface area contributed by atoms with Gasteiger partial charge in [0.2, 0.25) is 0 Å². The number of oxime groups is 1. The van der Waals surface area contributed by atoms with E-state index in [4.69, 9.17) is 10.9 Å². The molecule has 88 valence electrons. The Hall–Kier alpha value is -0.810. The van der Waals surface area contributed by atoms with Crippen LogP contribution in [0.1, 0.15) is 20.3 Å². The van der Waals surface area contributed by atoms with Crippen molar-refractivity contribution < 1.29 is 5.21 Å². The van der Waals surface area contributed by atoms with E-state index >= 15 is 0 Å². The Morgan fingerprint density at radius 2 is 2.20 bits per heavy atom. The van der Waals surface area contributed by atoms with Crippen LogP contribution in [0, 0.1) is 0 Å². The summed E-state index contributed by atoms with van der Waals surface area (Å²) in [7, 11) is 0. The monoisotopic (exact) mass is 214 g/mol. The summed E-state index contributed by atoms with van der Waals surface area (Å²) in [6, 6.07) is 0.631. The standard InChI is InChI=1S/C10H22N4O/c1-3-14(4-2)9-5-6-13(7-9)8-10(11)12-15/h9,15H,3-8H2,1-2H3,(H2,11,12). The second-order valence-corrected chi connectivity index (χ2v) is 3.99. The second-order valence-electron chi connectivity index (χ2n) is 3.99. The summed E-state index contributed by atoms with van der Waals surface area (Å²) in [4.78, 5) is 4.70. The van der Waals surface area contributed by atoms with Crippen molar-refractivity contribution in [3.8, 4) is 0 Å². The Labute approximate surface area is 91.5 Å². The molecule has 0 aliphatic carbocycles. The Morgan fingerprint density at radius 1 is 1.53 bits per heavy atom. The smallest absolute Gasteiger partial charge is 0.153 e. The fourth-order valence-electron chi connectivity index (χ4n) is 2.25. The van der Waals surface area contributed by atoms with Gasteiger partial charge in [0.25, 0.3) is 0 Å². The molecule has 0 aromatic heterocycles. The third-order valence-corrected chi connectivity index (χ3v) is 3.09. The number of rotatable bonds is 5. The van der Waals surface area contributed by atoms with Gasteiger partial charge in [-0.05, 0) is 19.5 Å². The van der Waals surface area contributed by atoms with E-state index in [-0.39, 0.29) is 0 Å². The number of hydrogen-bond donors (Lipinski definition) is 2. The lowest BCUT2D eigenvalue weighted by Gasteiger charge is -2.26. The molecule has 0 radical (unpaired) electrons. The van der Waals surface area contributed by atoms with Crippen molar-refractivity contribution in [1.82, 2.24) is 9.80 Å². The Kier molecular flexibility index (Phi) is 4.84. The fourth-order valence-corrected chi connectivity index (χ4v) is 2.25. The Morgan fingerprint density at radius 3 is 2.73 bits per heavy atom. The van der Waals surface area contributed by atoms with Crippen LogP contribution in [0.15, 0.2) is 5.16 Å². The maximum absolute atomic E-state index is 8.49. The van der Waals surface area contributed by atoms with Gasteiger partial charge in [-0.25, -0.2) is 0 Å². The highest BCUT2D eigenvalue weighted by atomic mass is 16.4. The van der Waals surface area contributed by atoms with Crippen LogP contribution in [-0.2, 0) is 0 Å². The third kappa shape index (κ3) is 3.35. The highest BCUT2D eigenvalue weighted by molar-refractivity contribution is 5.81. The minimum absolute atomic E-state index is 0.301. The molecule has 1 rings (SSSR count). The minimum Gasteiger partial charge on any atom is -0.409 e. The number of likely N-dealkylation sites (tertiary alicyclic amines) is 1. The normalized spacial score (nSPS) is 23.9. The van der Waals surface area contributed by atoms with E-state index in [9.17, 15) is 0 Å². The zero-order valence-corrected chi connectivity index (χ0v) is 9.69. The van der Waals surface area contributed by atoms with E-state index in [0.29, 0.717) is 18.4 Å². The topological polar surface area (TPSA) is 65.1 Å². The molecule has 5 heteroatoms. The van der Waals surface area contributed by atoms with E-state index in [2.05, 4.69) is 28.8 Å². The van der Waals surface area contributed by atoms with Crippen LogP contribution in [0.5, 0.6) is 0 Å². The first-order valence-corrected chi connectivity index (χ1v) is 5.64. The summed E-state index contributed by atoms with van der Waals surface area (Å²) in [5.74, 6) is 0.301. The average Bonchev–Trinajstić information content (AvgIpc) is 2.68. The number of nitrogens with two attached hydrogens (primary N) is 1. The summed E-state index contributed by atoms with van der Waals surface area (Å²) >= 11 is 0. The van der Waals surface area contributed by atoms with Gasteiger partial charge in [-0.3, -0.25) is 9.80 Å². The highest BCUT2D eigenvalue weighted by Gasteiger charge is 2.26. The largest absolute Gasteiger partial charge is 0.409 e. The molecule has 0 bridgehead atoms. The Bertz CT molecular complexity index is 215. The molecule has 0 spiro atoms. The summed E-state index contributed by atoms with van der Waals surface area (Å²) in [5, 5.41) is 11.5. The van der Waals surface area contributed by atoms with E-state index in [0.717, 1.165) is 26.2 Å². The molecule has 1 aliphatic rings. The first kappa shape index (κ1) is 12.3. The van der Waals surface area contributed by atoms with Crippen molar-refractivity contribution >= 4 is 5.84 Å². The molecule has 1 fully saturated rings. The predicted molar refractivity (Wildman–Crippen MR) is 61.2 cm³/mol. The summed E-state index contributed by atoms with van der Waals surface area (Å²) in [6.45, 7) is 9.21. The zero-order valence-electron chi connectivity index (χ0n) is 9.69. The van der Waals surface area contributed by atoms with Gasteiger partial charge < -0.3 is 10.9 Å². The molecule has 0 aromatic carbocycles. The minimum atomic E-state index is 0.301. The van der Waals surface area contributed by atoms with Gasteiger partial charge >= 0.3 is 0 Å². The number of amidine groups is 1. The van der Waals surface area contributed by atoms with Crippen molar-refractivity contribution in [2.24, 2.45) is 10.9 Å². The molecule has 1 aliphatic heterocycles. The molecule has 5 nitrogen and oxygen atoms in total. The molecular formula is C10H22N4O.